The van der Waals surface area contributed by atoms with Gasteiger partial charge >= 0.3 is 6.18 Å². The van der Waals surface area contributed by atoms with Crippen LogP contribution in [0.15, 0.2) is 60.8 Å². The fourth-order valence-corrected chi connectivity index (χ4v) is 4.38. The molecule has 5 rings (SSSR count). The fraction of sp³-hybridized carbons (Fsp3) is 0.192. The van der Waals surface area contributed by atoms with Gasteiger partial charge in [-0.25, -0.2) is 9.97 Å². The highest BCUT2D eigenvalue weighted by Crippen LogP contribution is 2.37. The van der Waals surface area contributed by atoms with Crippen LogP contribution in [0.3, 0.4) is 0 Å². The Morgan fingerprint density at radius 2 is 1.84 bits per heavy atom. The number of alkyl halides is 3. The van der Waals surface area contributed by atoms with Gasteiger partial charge in [-0.05, 0) is 54.4 Å². The first kappa shape index (κ1) is 24.8. The normalized spacial score (nSPS) is 11.9. The molecule has 7 nitrogen and oxygen atoms in total. The molecule has 0 fully saturated rings. The zero-order chi connectivity index (χ0) is 26.3. The number of carbonyl (C=O) groups excluding carboxylic acids is 1. The van der Waals surface area contributed by atoms with Gasteiger partial charge in [-0.2, -0.15) is 13.2 Å². The van der Waals surface area contributed by atoms with Crippen LogP contribution in [-0.4, -0.2) is 38.6 Å². The third-order valence-electron chi connectivity index (χ3n) is 6.03. The van der Waals surface area contributed by atoms with Crippen molar-refractivity contribution >= 4 is 40.1 Å². The van der Waals surface area contributed by atoms with Gasteiger partial charge in [-0.15, -0.1) is 0 Å². The van der Waals surface area contributed by atoms with Crippen LogP contribution in [-0.2, 0) is 17.5 Å². The van der Waals surface area contributed by atoms with E-state index in [1.807, 2.05) is 23.5 Å². The maximum Gasteiger partial charge on any atom is 0.417 e. The van der Waals surface area contributed by atoms with Crippen molar-refractivity contribution in [1.82, 2.24) is 18.9 Å². The van der Waals surface area contributed by atoms with E-state index in [4.69, 9.17) is 16.3 Å². The zero-order valence-corrected chi connectivity index (χ0v) is 20.6. The SMILES string of the molecule is COCCn1c(NC(=O)c2cn3c(C)cccc3n2)nc2cc(-c3ccc(Cl)c(C(F)(F)F)c3)ccc21. The molecule has 0 atom stereocenters. The quantitative estimate of drug-likeness (QED) is 0.284. The Morgan fingerprint density at radius 1 is 1.08 bits per heavy atom. The van der Waals surface area contributed by atoms with Gasteiger partial charge in [-0.1, -0.05) is 29.8 Å². The predicted molar refractivity (Wildman–Crippen MR) is 135 cm³/mol. The van der Waals surface area contributed by atoms with Crippen molar-refractivity contribution in [1.29, 1.82) is 0 Å². The molecule has 0 radical (unpaired) electrons. The Bertz CT molecular complexity index is 1640. The molecule has 2 aromatic carbocycles. The molecule has 0 unspecified atom stereocenters. The van der Waals surface area contributed by atoms with E-state index < -0.39 is 17.6 Å². The van der Waals surface area contributed by atoms with Crippen molar-refractivity contribution < 1.29 is 22.7 Å². The van der Waals surface area contributed by atoms with Crippen LogP contribution in [0.1, 0.15) is 21.7 Å². The molecular formula is C26H21ClF3N5O2. The largest absolute Gasteiger partial charge is 0.417 e. The van der Waals surface area contributed by atoms with Gasteiger partial charge in [0.2, 0.25) is 5.95 Å². The van der Waals surface area contributed by atoms with Crippen LogP contribution >= 0.6 is 11.6 Å². The first-order chi connectivity index (χ1) is 17.7. The number of aryl methyl sites for hydroxylation is 1. The Balaban J connectivity index is 1.52. The number of nitrogens with zero attached hydrogens (tertiary/aromatic N) is 4. The van der Waals surface area contributed by atoms with E-state index >= 15 is 0 Å². The van der Waals surface area contributed by atoms with Crippen LogP contribution in [0, 0.1) is 6.92 Å². The second kappa shape index (κ2) is 9.53. The number of benzene rings is 2. The first-order valence-electron chi connectivity index (χ1n) is 11.3. The summed E-state index contributed by atoms with van der Waals surface area (Å²) in [4.78, 5) is 22.0. The molecule has 0 aliphatic rings. The summed E-state index contributed by atoms with van der Waals surface area (Å²) >= 11 is 5.78. The summed E-state index contributed by atoms with van der Waals surface area (Å²) in [6, 6.07) is 14.5. The number of ether oxygens (including phenoxy) is 1. The van der Waals surface area contributed by atoms with E-state index in [0.29, 0.717) is 41.0 Å². The summed E-state index contributed by atoms with van der Waals surface area (Å²) in [7, 11) is 1.56. The summed E-state index contributed by atoms with van der Waals surface area (Å²) in [5.41, 5.74) is 2.94. The maximum absolute atomic E-state index is 13.4. The van der Waals surface area contributed by atoms with Gasteiger partial charge < -0.3 is 13.7 Å². The minimum atomic E-state index is -4.58. The molecule has 1 amide bonds. The Labute approximate surface area is 214 Å². The number of aromatic nitrogens is 4. The lowest BCUT2D eigenvalue weighted by molar-refractivity contribution is -0.137. The summed E-state index contributed by atoms with van der Waals surface area (Å²) < 4.78 is 48.9. The van der Waals surface area contributed by atoms with Crippen molar-refractivity contribution in [2.45, 2.75) is 19.6 Å². The number of methoxy groups -OCH3 is 1. The summed E-state index contributed by atoms with van der Waals surface area (Å²) in [6.45, 7) is 2.66. The molecule has 5 aromatic rings. The highest BCUT2D eigenvalue weighted by atomic mass is 35.5. The van der Waals surface area contributed by atoms with E-state index in [9.17, 15) is 18.0 Å². The number of imidazole rings is 2. The predicted octanol–water partition coefficient (Wildman–Crippen LogP) is 6.23. The maximum atomic E-state index is 13.4. The van der Waals surface area contributed by atoms with Gasteiger partial charge in [-0.3, -0.25) is 10.1 Å². The van der Waals surface area contributed by atoms with Crippen LogP contribution in [0.25, 0.3) is 27.8 Å². The van der Waals surface area contributed by atoms with Gasteiger partial charge in [0.15, 0.2) is 0 Å². The van der Waals surface area contributed by atoms with E-state index in [2.05, 4.69) is 15.3 Å². The minimum absolute atomic E-state index is 0.223. The second-order valence-electron chi connectivity index (χ2n) is 8.45. The fourth-order valence-electron chi connectivity index (χ4n) is 4.16. The number of fused-ring (bicyclic) bond motifs is 2. The average molecular weight is 528 g/mol. The number of pyridine rings is 1. The topological polar surface area (TPSA) is 73.5 Å². The number of nitrogens with one attached hydrogen (secondary N) is 1. The number of carbonyl (C=O) groups is 1. The molecule has 0 saturated carbocycles. The van der Waals surface area contributed by atoms with Crippen molar-refractivity contribution in [3.05, 3.63) is 82.8 Å². The number of hydrogen-bond acceptors (Lipinski definition) is 4. The molecule has 0 aliphatic carbocycles. The third kappa shape index (κ3) is 4.77. The highest BCUT2D eigenvalue weighted by Gasteiger charge is 2.33. The number of hydrogen-bond donors (Lipinski definition) is 1. The molecule has 3 heterocycles. The van der Waals surface area contributed by atoms with E-state index in [-0.39, 0.29) is 16.7 Å². The van der Waals surface area contributed by atoms with Crippen LogP contribution in [0.5, 0.6) is 0 Å². The minimum Gasteiger partial charge on any atom is -0.383 e. The summed E-state index contributed by atoms with van der Waals surface area (Å²) in [5.74, 6) is -0.167. The Kier molecular flexibility index (Phi) is 6.38. The van der Waals surface area contributed by atoms with Crippen LogP contribution in [0.2, 0.25) is 5.02 Å². The molecular weight excluding hydrogens is 507 g/mol. The molecule has 1 N–H and O–H groups in total. The summed E-state index contributed by atoms with van der Waals surface area (Å²) in [5, 5.41) is 2.45. The van der Waals surface area contributed by atoms with Crippen LogP contribution < -0.4 is 5.32 Å². The molecule has 190 valence electrons. The average Bonchev–Trinajstić information content (AvgIpc) is 3.44. The Hall–Kier alpha value is -3.89. The zero-order valence-electron chi connectivity index (χ0n) is 19.8. The van der Waals surface area contributed by atoms with Crippen molar-refractivity contribution in [3.8, 4) is 11.1 Å². The van der Waals surface area contributed by atoms with Gasteiger partial charge in [0.05, 0.1) is 28.2 Å². The van der Waals surface area contributed by atoms with Crippen LogP contribution in [0.4, 0.5) is 19.1 Å². The van der Waals surface area contributed by atoms with Crippen molar-refractivity contribution in [2.75, 3.05) is 19.0 Å². The van der Waals surface area contributed by atoms with Gasteiger partial charge in [0, 0.05) is 25.5 Å². The Morgan fingerprint density at radius 3 is 2.57 bits per heavy atom. The molecule has 3 aromatic heterocycles. The second-order valence-corrected chi connectivity index (χ2v) is 8.86. The van der Waals surface area contributed by atoms with Gasteiger partial charge in [0.1, 0.15) is 11.3 Å². The van der Waals surface area contributed by atoms with E-state index in [1.165, 1.54) is 12.1 Å². The number of anilines is 1. The number of rotatable bonds is 6. The standard InChI is InChI=1S/C26H21ClF3N5O2/c1-15-4-3-5-23-31-21(14-35(15)23)24(36)33-25-32-20-13-17(7-9-22(20)34(25)10-11-37-2)16-6-8-19(27)18(12-16)26(28,29)30/h3-9,12-14H,10-11H2,1-2H3,(H,32,33,36). The molecule has 0 spiro atoms. The molecule has 37 heavy (non-hydrogen) atoms. The molecule has 0 aliphatic heterocycles. The number of amides is 1. The lowest BCUT2D eigenvalue weighted by Gasteiger charge is -2.11. The van der Waals surface area contributed by atoms with Gasteiger partial charge in [0.25, 0.3) is 5.91 Å². The third-order valence-corrected chi connectivity index (χ3v) is 6.36. The number of halogens is 4. The monoisotopic (exact) mass is 527 g/mol. The van der Waals surface area contributed by atoms with E-state index in [1.54, 1.807) is 42.1 Å². The van der Waals surface area contributed by atoms with Crippen molar-refractivity contribution in [2.24, 2.45) is 0 Å². The van der Waals surface area contributed by atoms with Crippen molar-refractivity contribution in [3.63, 3.8) is 0 Å². The lowest BCUT2D eigenvalue weighted by atomic mass is 10.0. The van der Waals surface area contributed by atoms with E-state index in [0.717, 1.165) is 11.8 Å². The molecule has 0 bridgehead atoms. The molecule has 11 heteroatoms. The lowest BCUT2D eigenvalue weighted by Crippen LogP contribution is -2.17. The first-order valence-corrected chi connectivity index (χ1v) is 11.7. The summed E-state index contributed by atoms with van der Waals surface area (Å²) in [6.07, 6.45) is -2.92. The smallest absolute Gasteiger partial charge is 0.383 e. The molecule has 0 saturated heterocycles. The highest BCUT2D eigenvalue weighted by molar-refractivity contribution is 6.31.